The molecule has 0 saturated heterocycles. The van der Waals surface area contributed by atoms with Gasteiger partial charge in [-0.15, -0.1) is 6.42 Å². The molecular formula is C14H20N2O. The van der Waals surface area contributed by atoms with Gasteiger partial charge in [-0.25, -0.2) is 0 Å². The zero-order valence-electron chi connectivity index (χ0n) is 10.9. The number of hydrogen-bond acceptors (Lipinski definition) is 3. The molecule has 17 heavy (non-hydrogen) atoms. The van der Waals surface area contributed by atoms with E-state index in [4.69, 9.17) is 11.2 Å². The van der Waals surface area contributed by atoms with Crippen LogP contribution in [-0.2, 0) is 0 Å². The van der Waals surface area contributed by atoms with Gasteiger partial charge in [0.15, 0.2) is 0 Å². The summed E-state index contributed by atoms with van der Waals surface area (Å²) in [6.45, 7) is 2.68. The SMILES string of the molecule is C#CCN(C)c1cccc(OC)c1C(C)NC. The van der Waals surface area contributed by atoms with E-state index in [-0.39, 0.29) is 6.04 Å². The minimum absolute atomic E-state index is 0.210. The number of rotatable bonds is 5. The van der Waals surface area contributed by atoms with E-state index in [1.54, 1.807) is 7.11 Å². The molecule has 1 rings (SSSR count). The second kappa shape index (κ2) is 6.17. The van der Waals surface area contributed by atoms with Crippen LogP contribution in [0.15, 0.2) is 18.2 Å². The van der Waals surface area contributed by atoms with Crippen molar-refractivity contribution in [2.45, 2.75) is 13.0 Å². The van der Waals surface area contributed by atoms with E-state index in [0.29, 0.717) is 6.54 Å². The molecule has 1 unspecified atom stereocenters. The summed E-state index contributed by atoms with van der Waals surface area (Å²) in [5.41, 5.74) is 2.24. The van der Waals surface area contributed by atoms with Gasteiger partial charge in [-0.1, -0.05) is 12.0 Å². The van der Waals surface area contributed by atoms with Crippen LogP contribution in [0.3, 0.4) is 0 Å². The van der Waals surface area contributed by atoms with E-state index in [1.807, 2.05) is 31.1 Å². The van der Waals surface area contributed by atoms with Crippen molar-refractivity contribution in [3.8, 4) is 18.1 Å². The number of benzene rings is 1. The number of nitrogens with zero attached hydrogens (tertiary/aromatic N) is 1. The first-order valence-corrected chi connectivity index (χ1v) is 5.64. The Morgan fingerprint density at radius 2 is 2.24 bits per heavy atom. The second-order valence-corrected chi connectivity index (χ2v) is 3.96. The summed E-state index contributed by atoms with van der Waals surface area (Å²) >= 11 is 0. The summed E-state index contributed by atoms with van der Waals surface area (Å²) in [7, 11) is 5.61. The van der Waals surface area contributed by atoms with Crippen molar-refractivity contribution in [1.29, 1.82) is 0 Å². The lowest BCUT2D eigenvalue weighted by molar-refractivity contribution is 0.404. The molecule has 1 aromatic rings. The average molecular weight is 232 g/mol. The number of nitrogens with one attached hydrogen (secondary N) is 1. The van der Waals surface area contributed by atoms with Gasteiger partial charge in [-0.05, 0) is 26.1 Å². The van der Waals surface area contributed by atoms with Crippen LogP contribution in [0.2, 0.25) is 0 Å². The smallest absolute Gasteiger partial charge is 0.125 e. The highest BCUT2D eigenvalue weighted by atomic mass is 16.5. The van der Waals surface area contributed by atoms with Gasteiger partial charge < -0.3 is 15.0 Å². The Labute approximate surface area is 104 Å². The zero-order chi connectivity index (χ0) is 12.8. The maximum absolute atomic E-state index is 5.42. The first-order chi connectivity index (χ1) is 8.15. The maximum Gasteiger partial charge on any atom is 0.125 e. The summed E-state index contributed by atoms with van der Waals surface area (Å²) in [5, 5.41) is 3.23. The molecule has 0 amide bonds. The molecule has 1 N–H and O–H groups in total. The summed E-state index contributed by atoms with van der Waals surface area (Å²) in [6, 6.07) is 6.22. The molecule has 1 aromatic carbocycles. The third kappa shape index (κ3) is 2.92. The molecule has 0 saturated carbocycles. The second-order valence-electron chi connectivity index (χ2n) is 3.96. The molecule has 0 heterocycles. The third-order valence-corrected chi connectivity index (χ3v) is 2.87. The van der Waals surface area contributed by atoms with Gasteiger partial charge in [0, 0.05) is 24.3 Å². The van der Waals surface area contributed by atoms with Crippen LogP contribution < -0.4 is 15.0 Å². The van der Waals surface area contributed by atoms with E-state index in [0.717, 1.165) is 17.0 Å². The summed E-state index contributed by atoms with van der Waals surface area (Å²) < 4.78 is 5.42. The molecule has 0 radical (unpaired) electrons. The topological polar surface area (TPSA) is 24.5 Å². The quantitative estimate of drug-likeness (QED) is 0.786. The zero-order valence-corrected chi connectivity index (χ0v) is 10.9. The molecule has 0 bridgehead atoms. The Balaban J connectivity index is 3.24. The minimum atomic E-state index is 0.210. The molecular weight excluding hydrogens is 212 g/mol. The van der Waals surface area contributed by atoms with Gasteiger partial charge >= 0.3 is 0 Å². The molecule has 3 nitrogen and oxygen atoms in total. The first-order valence-electron chi connectivity index (χ1n) is 5.64. The van der Waals surface area contributed by atoms with Crippen molar-refractivity contribution in [2.24, 2.45) is 0 Å². The molecule has 3 heteroatoms. The van der Waals surface area contributed by atoms with Crippen LogP contribution in [0.4, 0.5) is 5.69 Å². The number of methoxy groups -OCH3 is 1. The summed E-state index contributed by atoms with van der Waals surface area (Å²) in [6.07, 6.45) is 5.36. The predicted octanol–water partition coefficient (Wildman–Crippen LogP) is 2.04. The van der Waals surface area contributed by atoms with Gasteiger partial charge in [0.1, 0.15) is 5.75 Å². The van der Waals surface area contributed by atoms with Crippen molar-refractivity contribution >= 4 is 5.69 Å². The number of terminal acetylenes is 1. The highest BCUT2D eigenvalue weighted by Gasteiger charge is 2.16. The van der Waals surface area contributed by atoms with Crippen molar-refractivity contribution < 1.29 is 4.74 Å². The van der Waals surface area contributed by atoms with E-state index in [9.17, 15) is 0 Å². The third-order valence-electron chi connectivity index (χ3n) is 2.87. The maximum atomic E-state index is 5.42. The van der Waals surface area contributed by atoms with E-state index >= 15 is 0 Å². The number of anilines is 1. The highest BCUT2D eigenvalue weighted by Crippen LogP contribution is 2.33. The van der Waals surface area contributed by atoms with Crippen LogP contribution in [0.25, 0.3) is 0 Å². The lowest BCUT2D eigenvalue weighted by atomic mass is 10.0. The summed E-state index contributed by atoms with van der Waals surface area (Å²) in [4.78, 5) is 2.05. The molecule has 92 valence electrons. The Kier molecular flexibility index (Phi) is 4.86. The Bertz CT molecular complexity index is 409. The fourth-order valence-corrected chi connectivity index (χ4v) is 1.84. The van der Waals surface area contributed by atoms with Crippen LogP contribution >= 0.6 is 0 Å². The largest absolute Gasteiger partial charge is 0.496 e. The minimum Gasteiger partial charge on any atom is -0.496 e. The van der Waals surface area contributed by atoms with Gasteiger partial charge in [-0.3, -0.25) is 0 Å². The van der Waals surface area contributed by atoms with Crippen LogP contribution in [-0.4, -0.2) is 27.7 Å². The fourth-order valence-electron chi connectivity index (χ4n) is 1.84. The normalized spacial score (nSPS) is 11.7. The van der Waals surface area contributed by atoms with E-state index in [1.165, 1.54) is 0 Å². The number of ether oxygens (including phenoxy) is 1. The monoisotopic (exact) mass is 232 g/mol. The highest BCUT2D eigenvalue weighted by molar-refractivity contribution is 5.60. The van der Waals surface area contributed by atoms with Gasteiger partial charge in [0.25, 0.3) is 0 Å². The first kappa shape index (κ1) is 13.4. The van der Waals surface area contributed by atoms with Crippen molar-refractivity contribution in [2.75, 3.05) is 32.6 Å². The van der Waals surface area contributed by atoms with Crippen LogP contribution in [0, 0.1) is 12.3 Å². The Hall–Kier alpha value is -1.66. The Morgan fingerprint density at radius 1 is 1.53 bits per heavy atom. The van der Waals surface area contributed by atoms with E-state index < -0.39 is 0 Å². The predicted molar refractivity (Wildman–Crippen MR) is 72.6 cm³/mol. The molecule has 0 spiro atoms. The lowest BCUT2D eigenvalue weighted by Crippen LogP contribution is -2.22. The molecule has 0 fully saturated rings. The summed E-state index contributed by atoms with van der Waals surface area (Å²) in [5.74, 6) is 3.53. The Morgan fingerprint density at radius 3 is 2.76 bits per heavy atom. The standard InChI is InChI=1S/C14H20N2O/c1-6-10-16(4)12-8-7-9-13(17-5)14(12)11(2)15-3/h1,7-9,11,15H,10H2,2-5H3. The van der Waals surface area contributed by atoms with Crippen LogP contribution in [0.1, 0.15) is 18.5 Å². The van der Waals surface area contributed by atoms with Crippen LogP contribution in [0.5, 0.6) is 5.75 Å². The van der Waals surface area contributed by atoms with Crippen molar-refractivity contribution in [1.82, 2.24) is 5.32 Å². The fraction of sp³-hybridized carbons (Fsp3) is 0.429. The van der Waals surface area contributed by atoms with Gasteiger partial charge in [-0.2, -0.15) is 0 Å². The molecule has 0 aliphatic rings. The van der Waals surface area contributed by atoms with E-state index in [2.05, 4.69) is 24.2 Å². The van der Waals surface area contributed by atoms with Gasteiger partial charge in [0.05, 0.1) is 13.7 Å². The molecule has 0 aliphatic carbocycles. The molecule has 0 aliphatic heterocycles. The van der Waals surface area contributed by atoms with Crippen molar-refractivity contribution in [3.05, 3.63) is 23.8 Å². The number of hydrogen-bond donors (Lipinski definition) is 1. The van der Waals surface area contributed by atoms with Gasteiger partial charge in [0.2, 0.25) is 0 Å². The average Bonchev–Trinajstić information content (AvgIpc) is 2.37. The molecule has 0 aromatic heterocycles. The van der Waals surface area contributed by atoms with Crippen molar-refractivity contribution in [3.63, 3.8) is 0 Å². The lowest BCUT2D eigenvalue weighted by Gasteiger charge is -2.25. The molecule has 1 atom stereocenters.